The van der Waals surface area contributed by atoms with E-state index in [4.69, 9.17) is 9.47 Å². The summed E-state index contributed by atoms with van der Waals surface area (Å²) in [7, 11) is 1.62. The summed E-state index contributed by atoms with van der Waals surface area (Å²) in [4.78, 5) is 14.0. The van der Waals surface area contributed by atoms with Crippen LogP contribution in [0, 0.1) is 0 Å². The molecule has 0 spiro atoms. The molecule has 1 heterocycles. The van der Waals surface area contributed by atoms with Crippen LogP contribution in [0.4, 0.5) is 0 Å². The van der Waals surface area contributed by atoms with Crippen LogP contribution in [0.1, 0.15) is 35.6 Å². The van der Waals surface area contributed by atoms with E-state index in [1.165, 1.54) is 0 Å². The van der Waals surface area contributed by atoms with E-state index in [2.05, 4.69) is 20.8 Å². The van der Waals surface area contributed by atoms with Crippen LogP contribution in [0.15, 0.2) is 77.3 Å². The first kappa shape index (κ1) is 22.4. The van der Waals surface area contributed by atoms with Gasteiger partial charge >= 0.3 is 5.97 Å². The number of nitrogens with zero attached hydrogens (tertiary/aromatic N) is 1. The molecule has 0 aliphatic carbocycles. The van der Waals surface area contributed by atoms with Gasteiger partial charge in [-0.25, -0.2) is 0 Å². The lowest BCUT2D eigenvalue weighted by molar-refractivity contribution is -0.142. The lowest BCUT2D eigenvalue weighted by Crippen LogP contribution is -2.39. The normalized spacial score (nSPS) is 17.1. The van der Waals surface area contributed by atoms with Crippen LogP contribution in [0.5, 0.6) is 11.5 Å². The number of carboxylic acids is 1. The van der Waals surface area contributed by atoms with Crippen molar-refractivity contribution in [1.82, 2.24) is 4.90 Å². The van der Waals surface area contributed by atoms with Crippen molar-refractivity contribution < 1.29 is 19.4 Å². The minimum absolute atomic E-state index is 0.216. The van der Waals surface area contributed by atoms with Crippen LogP contribution in [0.3, 0.4) is 0 Å². The summed E-state index contributed by atoms with van der Waals surface area (Å²) in [5.74, 6) is 0.498. The van der Waals surface area contributed by atoms with Gasteiger partial charge in [-0.2, -0.15) is 0 Å². The van der Waals surface area contributed by atoms with E-state index in [9.17, 15) is 9.90 Å². The average molecular weight is 496 g/mol. The minimum Gasteiger partial charge on any atom is -0.493 e. The molecule has 1 aliphatic heterocycles. The molecule has 3 aromatic rings. The van der Waals surface area contributed by atoms with E-state index < -0.39 is 12.0 Å². The lowest BCUT2D eigenvalue weighted by Gasteiger charge is -2.33. The molecular weight excluding hydrogens is 470 g/mol. The van der Waals surface area contributed by atoms with Gasteiger partial charge in [-0.3, -0.25) is 9.69 Å². The molecule has 166 valence electrons. The van der Waals surface area contributed by atoms with Crippen molar-refractivity contribution in [3.05, 3.63) is 94.0 Å². The number of carboxylic acid groups (broad SMARTS) is 1. The fourth-order valence-electron chi connectivity index (χ4n) is 4.32. The monoisotopic (exact) mass is 495 g/mol. The van der Waals surface area contributed by atoms with Gasteiger partial charge in [0.1, 0.15) is 12.6 Å². The SMILES string of the molecule is COc1cc(C(c2ccccc2Br)N2CCCC2C(=O)O)ccc1OCc1ccccc1. The topological polar surface area (TPSA) is 59.0 Å². The van der Waals surface area contributed by atoms with E-state index in [0.717, 1.165) is 34.1 Å². The van der Waals surface area contributed by atoms with Gasteiger partial charge < -0.3 is 14.6 Å². The number of benzene rings is 3. The van der Waals surface area contributed by atoms with E-state index in [1.807, 2.05) is 72.8 Å². The molecule has 2 atom stereocenters. The second-order valence-electron chi connectivity index (χ2n) is 7.84. The zero-order valence-corrected chi connectivity index (χ0v) is 19.5. The first-order valence-electron chi connectivity index (χ1n) is 10.7. The van der Waals surface area contributed by atoms with Crippen molar-refractivity contribution in [3.8, 4) is 11.5 Å². The molecule has 5 nitrogen and oxygen atoms in total. The van der Waals surface area contributed by atoms with Gasteiger partial charge in [-0.15, -0.1) is 0 Å². The Morgan fingerprint density at radius 1 is 1.09 bits per heavy atom. The highest BCUT2D eigenvalue weighted by atomic mass is 79.9. The van der Waals surface area contributed by atoms with Gasteiger partial charge in [0.15, 0.2) is 11.5 Å². The molecule has 1 fully saturated rings. The van der Waals surface area contributed by atoms with Crippen molar-refractivity contribution in [2.45, 2.75) is 31.5 Å². The van der Waals surface area contributed by atoms with Gasteiger partial charge in [0.2, 0.25) is 0 Å². The quantitative estimate of drug-likeness (QED) is 0.435. The summed E-state index contributed by atoms with van der Waals surface area (Å²) in [6.07, 6.45) is 1.50. The highest BCUT2D eigenvalue weighted by molar-refractivity contribution is 9.10. The molecule has 4 rings (SSSR count). The number of likely N-dealkylation sites (tertiary alicyclic amines) is 1. The molecule has 1 aliphatic rings. The fourth-order valence-corrected chi connectivity index (χ4v) is 4.82. The standard InChI is InChI=1S/C26H26BrNO4/c1-31-24-16-19(13-14-23(24)32-17-18-8-3-2-4-9-18)25(20-10-5-6-11-21(20)27)28-15-7-12-22(28)26(29)30/h2-6,8-11,13-14,16,22,25H,7,12,15,17H2,1H3,(H,29,30). The van der Waals surface area contributed by atoms with Crippen LogP contribution in [-0.2, 0) is 11.4 Å². The van der Waals surface area contributed by atoms with E-state index in [0.29, 0.717) is 24.5 Å². The van der Waals surface area contributed by atoms with Gasteiger partial charge in [-0.1, -0.05) is 70.5 Å². The Bertz CT molecular complexity index is 1070. The van der Waals surface area contributed by atoms with Crippen LogP contribution in [-0.4, -0.2) is 35.7 Å². The number of methoxy groups -OCH3 is 1. The molecule has 3 aromatic carbocycles. The molecule has 0 saturated carbocycles. The fraction of sp³-hybridized carbons (Fsp3) is 0.269. The number of ether oxygens (including phenoxy) is 2. The van der Waals surface area contributed by atoms with Crippen molar-refractivity contribution in [2.24, 2.45) is 0 Å². The molecule has 0 aromatic heterocycles. The van der Waals surface area contributed by atoms with E-state index >= 15 is 0 Å². The van der Waals surface area contributed by atoms with Crippen LogP contribution >= 0.6 is 15.9 Å². The maximum absolute atomic E-state index is 12.0. The van der Waals surface area contributed by atoms with Gasteiger partial charge in [0.25, 0.3) is 0 Å². The smallest absolute Gasteiger partial charge is 0.320 e. The molecule has 6 heteroatoms. The maximum atomic E-state index is 12.0. The number of hydrogen-bond donors (Lipinski definition) is 1. The lowest BCUT2D eigenvalue weighted by atomic mass is 9.95. The first-order valence-corrected chi connectivity index (χ1v) is 11.5. The van der Waals surface area contributed by atoms with Gasteiger partial charge in [0, 0.05) is 11.0 Å². The first-order chi connectivity index (χ1) is 15.6. The molecule has 1 saturated heterocycles. The van der Waals surface area contributed by atoms with Crippen molar-refractivity contribution >= 4 is 21.9 Å². The van der Waals surface area contributed by atoms with Crippen LogP contribution in [0.25, 0.3) is 0 Å². The van der Waals surface area contributed by atoms with Gasteiger partial charge in [-0.05, 0) is 47.7 Å². The Hall–Kier alpha value is -2.83. The molecule has 2 unspecified atom stereocenters. The Balaban J connectivity index is 1.69. The highest BCUT2D eigenvalue weighted by Gasteiger charge is 2.37. The zero-order chi connectivity index (χ0) is 22.5. The van der Waals surface area contributed by atoms with Crippen LogP contribution < -0.4 is 9.47 Å². The summed E-state index contributed by atoms with van der Waals surface area (Å²) >= 11 is 3.67. The second kappa shape index (κ2) is 10.2. The summed E-state index contributed by atoms with van der Waals surface area (Å²) < 4.78 is 12.6. The molecule has 1 N–H and O–H groups in total. The van der Waals surface area contributed by atoms with Crippen molar-refractivity contribution in [1.29, 1.82) is 0 Å². The third kappa shape index (κ3) is 4.81. The van der Waals surface area contributed by atoms with Gasteiger partial charge in [0.05, 0.1) is 13.2 Å². The summed E-state index contributed by atoms with van der Waals surface area (Å²) in [5.41, 5.74) is 3.07. The highest BCUT2D eigenvalue weighted by Crippen LogP contribution is 2.41. The minimum atomic E-state index is -0.783. The van der Waals surface area contributed by atoms with Crippen molar-refractivity contribution in [3.63, 3.8) is 0 Å². The molecule has 0 radical (unpaired) electrons. The predicted molar refractivity (Wildman–Crippen MR) is 127 cm³/mol. The number of carbonyl (C=O) groups is 1. The van der Waals surface area contributed by atoms with E-state index in [-0.39, 0.29) is 6.04 Å². The summed E-state index contributed by atoms with van der Waals surface area (Å²) in [5, 5.41) is 9.82. The third-order valence-electron chi connectivity index (χ3n) is 5.85. The summed E-state index contributed by atoms with van der Waals surface area (Å²) in [6, 6.07) is 23.1. The molecular formula is C26H26BrNO4. The molecule has 0 amide bonds. The van der Waals surface area contributed by atoms with Crippen molar-refractivity contribution in [2.75, 3.05) is 13.7 Å². The third-order valence-corrected chi connectivity index (χ3v) is 6.57. The predicted octanol–water partition coefficient (Wildman–Crippen LogP) is 5.68. The zero-order valence-electron chi connectivity index (χ0n) is 17.9. The molecule has 32 heavy (non-hydrogen) atoms. The largest absolute Gasteiger partial charge is 0.493 e. The van der Waals surface area contributed by atoms with Crippen LogP contribution in [0.2, 0.25) is 0 Å². The number of aliphatic carboxylic acids is 1. The number of rotatable bonds is 8. The average Bonchev–Trinajstić information content (AvgIpc) is 3.30. The Morgan fingerprint density at radius 3 is 2.56 bits per heavy atom. The second-order valence-corrected chi connectivity index (χ2v) is 8.70. The number of halogens is 1. The number of hydrogen-bond acceptors (Lipinski definition) is 4. The maximum Gasteiger partial charge on any atom is 0.320 e. The Morgan fingerprint density at radius 2 is 1.84 bits per heavy atom. The summed E-state index contributed by atoms with van der Waals surface area (Å²) in [6.45, 7) is 1.16. The van der Waals surface area contributed by atoms with E-state index in [1.54, 1.807) is 7.11 Å². The Labute approximate surface area is 196 Å². The molecule has 0 bridgehead atoms. The Kier molecular flexibility index (Phi) is 7.12.